The fourth-order valence-corrected chi connectivity index (χ4v) is 5.15. The molecule has 1 heterocycles. The number of methoxy groups -OCH3 is 1. The van der Waals surface area contributed by atoms with Crippen molar-refractivity contribution in [1.82, 2.24) is 4.72 Å². The second-order valence-corrected chi connectivity index (χ2v) is 10.1. The first-order chi connectivity index (χ1) is 16.7. The van der Waals surface area contributed by atoms with Crippen LogP contribution >= 0.6 is 23.2 Å². The molecule has 0 spiro atoms. The second kappa shape index (κ2) is 10.2. The number of alkyl halides is 3. The van der Waals surface area contributed by atoms with Gasteiger partial charge in [-0.05, 0) is 30.3 Å². The van der Waals surface area contributed by atoms with Gasteiger partial charge < -0.3 is 9.84 Å². The SMILES string of the molecule is COc1cccc(C(=O)O)c1C(=O)C1=NC=C(Cl)C(C)C1NS(=O)(=O)c1ccc(Cl)c(C(F)(F)F)c1. The van der Waals surface area contributed by atoms with E-state index in [9.17, 15) is 36.3 Å². The van der Waals surface area contributed by atoms with Gasteiger partial charge in [0.05, 0.1) is 39.8 Å². The average Bonchev–Trinajstić information content (AvgIpc) is 2.80. The van der Waals surface area contributed by atoms with Crippen LogP contribution in [0.15, 0.2) is 57.5 Å². The smallest absolute Gasteiger partial charge is 0.417 e. The molecule has 3 rings (SSSR count). The molecule has 0 saturated heterocycles. The molecular weight excluding hydrogens is 548 g/mol. The highest BCUT2D eigenvalue weighted by atomic mass is 35.5. The maximum Gasteiger partial charge on any atom is 0.417 e. The van der Waals surface area contributed by atoms with E-state index in [0.717, 1.165) is 24.4 Å². The molecule has 2 aromatic carbocycles. The van der Waals surface area contributed by atoms with Gasteiger partial charge in [0, 0.05) is 17.2 Å². The van der Waals surface area contributed by atoms with E-state index < -0.39 is 66.7 Å². The summed E-state index contributed by atoms with van der Waals surface area (Å²) in [4.78, 5) is 28.4. The zero-order valence-electron chi connectivity index (χ0n) is 18.4. The molecule has 1 aliphatic rings. The molecule has 0 bridgehead atoms. The third kappa shape index (κ3) is 5.41. The summed E-state index contributed by atoms with van der Waals surface area (Å²) < 4.78 is 73.3. The van der Waals surface area contributed by atoms with E-state index in [1.54, 1.807) is 0 Å². The van der Waals surface area contributed by atoms with Crippen LogP contribution in [0.1, 0.15) is 33.2 Å². The number of nitrogens with one attached hydrogen (secondary N) is 1. The number of benzene rings is 2. The highest BCUT2D eigenvalue weighted by Gasteiger charge is 2.39. The van der Waals surface area contributed by atoms with Crippen molar-refractivity contribution in [3.8, 4) is 5.75 Å². The quantitative estimate of drug-likeness (QED) is 0.467. The van der Waals surface area contributed by atoms with Crippen LogP contribution in [0, 0.1) is 5.92 Å². The molecule has 2 atom stereocenters. The van der Waals surface area contributed by atoms with Gasteiger partial charge in [-0.1, -0.05) is 36.2 Å². The number of hydrogen-bond acceptors (Lipinski definition) is 6. The normalized spacial score (nSPS) is 18.3. The van der Waals surface area contributed by atoms with E-state index in [0.29, 0.717) is 6.07 Å². The van der Waals surface area contributed by atoms with Crippen molar-refractivity contribution in [2.24, 2.45) is 10.9 Å². The molecule has 0 amide bonds. The number of rotatable bonds is 7. The molecule has 1 aliphatic heterocycles. The van der Waals surface area contributed by atoms with Gasteiger partial charge in [0.1, 0.15) is 11.5 Å². The minimum atomic E-state index is -4.92. The van der Waals surface area contributed by atoms with E-state index in [4.69, 9.17) is 27.9 Å². The summed E-state index contributed by atoms with van der Waals surface area (Å²) in [7, 11) is -3.47. The predicted octanol–water partition coefficient (Wildman–Crippen LogP) is 4.77. The molecule has 14 heteroatoms. The monoisotopic (exact) mass is 564 g/mol. The lowest BCUT2D eigenvalue weighted by molar-refractivity contribution is -0.137. The fourth-order valence-electron chi connectivity index (χ4n) is 3.45. The van der Waals surface area contributed by atoms with Gasteiger partial charge in [-0.3, -0.25) is 9.79 Å². The molecule has 192 valence electrons. The molecule has 0 radical (unpaired) electrons. The molecule has 8 nitrogen and oxygen atoms in total. The van der Waals surface area contributed by atoms with Gasteiger partial charge in [0.15, 0.2) is 0 Å². The number of carboxylic acids is 1. The van der Waals surface area contributed by atoms with E-state index in [1.807, 2.05) is 0 Å². The van der Waals surface area contributed by atoms with Crippen molar-refractivity contribution in [2.75, 3.05) is 7.11 Å². The van der Waals surface area contributed by atoms with Crippen LogP contribution in [0.5, 0.6) is 5.75 Å². The van der Waals surface area contributed by atoms with E-state index >= 15 is 0 Å². The number of carbonyl (C=O) groups is 2. The number of aromatic carboxylic acids is 1. The van der Waals surface area contributed by atoms with Gasteiger partial charge in [0.25, 0.3) is 0 Å². The maximum absolute atomic E-state index is 13.5. The molecule has 2 unspecified atom stereocenters. The van der Waals surface area contributed by atoms with Gasteiger partial charge in [0.2, 0.25) is 15.8 Å². The first kappa shape index (κ1) is 27.7. The number of ether oxygens (including phenoxy) is 1. The molecule has 0 aliphatic carbocycles. The minimum Gasteiger partial charge on any atom is -0.496 e. The Morgan fingerprint density at radius 2 is 1.83 bits per heavy atom. The van der Waals surface area contributed by atoms with E-state index in [2.05, 4.69) is 9.71 Å². The molecule has 2 N–H and O–H groups in total. The molecule has 0 aromatic heterocycles. The molecular formula is C22H17Cl2F3N2O6S. The zero-order chi connectivity index (χ0) is 27.0. The van der Waals surface area contributed by atoms with Crippen molar-refractivity contribution in [3.05, 3.63) is 69.3 Å². The van der Waals surface area contributed by atoms with Gasteiger partial charge in [-0.15, -0.1) is 0 Å². The molecule has 2 aromatic rings. The molecule has 36 heavy (non-hydrogen) atoms. The second-order valence-electron chi connectivity index (χ2n) is 7.57. The Balaban J connectivity index is 2.10. The van der Waals surface area contributed by atoms with Crippen molar-refractivity contribution in [1.29, 1.82) is 0 Å². The number of halogens is 5. The average molecular weight is 565 g/mol. The lowest BCUT2D eigenvalue weighted by atomic mass is 9.89. The summed E-state index contributed by atoms with van der Waals surface area (Å²) in [5.74, 6) is -3.43. The van der Waals surface area contributed by atoms with Crippen LogP contribution in [0.3, 0.4) is 0 Å². The molecule has 0 saturated carbocycles. The van der Waals surface area contributed by atoms with Gasteiger partial charge >= 0.3 is 12.1 Å². The fraction of sp³-hybridized carbons (Fsp3) is 0.227. The Morgan fingerprint density at radius 1 is 1.17 bits per heavy atom. The van der Waals surface area contributed by atoms with Crippen LogP contribution in [-0.2, 0) is 16.2 Å². The lowest BCUT2D eigenvalue weighted by Gasteiger charge is -2.28. The first-order valence-electron chi connectivity index (χ1n) is 9.96. The Bertz CT molecular complexity index is 1410. The van der Waals surface area contributed by atoms with Crippen LogP contribution in [0.25, 0.3) is 0 Å². The Morgan fingerprint density at radius 3 is 2.42 bits per heavy atom. The lowest BCUT2D eigenvalue weighted by Crippen LogP contribution is -2.49. The van der Waals surface area contributed by atoms with Gasteiger partial charge in [-0.2, -0.15) is 13.2 Å². The van der Waals surface area contributed by atoms with Crippen molar-refractivity contribution in [2.45, 2.75) is 24.0 Å². The van der Waals surface area contributed by atoms with E-state index in [-0.39, 0.29) is 16.3 Å². The molecule has 0 fully saturated rings. The number of ketones is 1. The van der Waals surface area contributed by atoms with E-state index in [1.165, 1.54) is 26.2 Å². The third-order valence-corrected chi connectivity index (χ3v) is 7.54. The summed E-state index contributed by atoms with van der Waals surface area (Å²) in [5.41, 5.74) is -2.62. The standard InChI is InChI=1S/C22H17Cl2F3N2O6S/c1-10-15(24)9-28-19(20(30)17-12(21(31)32)4-3-5-16(17)35-2)18(10)29-36(33,34)11-6-7-14(23)13(8-11)22(25,26)27/h3-10,18,29H,1-2H3,(H,31,32). The summed E-state index contributed by atoms with van der Waals surface area (Å²) in [6, 6.07) is 4.38. The predicted molar refractivity (Wildman–Crippen MR) is 125 cm³/mol. The summed E-state index contributed by atoms with van der Waals surface area (Å²) in [6.45, 7) is 1.46. The number of aliphatic imine (C=N–C) groups is 1. The van der Waals surface area contributed by atoms with Gasteiger partial charge in [-0.25, -0.2) is 17.9 Å². The largest absolute Gasteiger partial charge is 0.496 e. The first-order valence-corrected chi connectivity index (χ1v) is 12.2. The van der Waals surface area contributed by atoms with Crippen LogP contribution in [0.4, 0.5) is 13.2 Å². The van der Waals surface area contributed by atoms with Crippen LogP contribution < -0.4 is 9.46 Å². The van der Waals surface area contributed by atoms with Crippen molar-refractivity contribution in [3.63, 3.8) is 0 Å². The Labute approximate surface area is 213 Å². The number of sulfonamides is 1. The topological polar surface area (TPSA) is 122 Å². The van der Waals surface area contributed by atoms with Crippen LogP contribution in [0.2, 0.25) is 5.02 Å². The summed E-state index contributed by atoms with van der Waals surface area (Å²) in [6.07, 6.45) is -3.82. The summed E-state index contributed by atoms with van der Waals surface area (Å²) in [5, 5.41) is 8.89. The highest BCUT2D eigenvalue weighted by molar-refractivity contribution is 7.89. The maximum atomic E-state index is 13.5. The number of carboxylic acid groups (broad SMARTS) is 1. The number of nitrogens with zero attached hydrogens (tertiary/aromatic N) is 1. The zero-order valence-corrected chi connectivity index (χ0v) is 20.8. The Kier molecular flexibility index (Phi) is 7.84. The Hall–Kier alpha value is -2.93. The number of hydrogen-bond donors (Lipinski definition) is 2. The van der Waals surface area contributed by atoms with Crippen molar-refractivity contribution < 1.29 is 41.0 Å². The third-order valence-electron chi connectivity index (χ3n) is 5.33. The number of Topliss-reactive ketones (excluding diaryl/α,β-unsaturated/α-hetero) is 1. The van der Waals surface area contributed by atoms with Crippen LogP contribution in [-0.4, -0.2) is 44.1 Å². The highest BCUT2D eigenvalue weighted by Crippen LogP contribution is 2.36. The van der Waals surface area contributed by atoms with Crippen molar-refractivity contribution >= 4 is 50.7 Å². The number of carbonyl (C=O) groups excluding carboxylic acids is 1. The summed E-state index contributed by atoms with van der Waals surface area (Å²) >= 11 is 11.7. The minimum absolute atomic E-state index is 0.0461.